The van der Waals surface area contributed by atoms with Crippen molar-refractivity contribution < 1.29 is 4.79 Å². The normalized spacial score (nSPS) is 10.9. The summed E-state index contributed by atoms with van der Waals surface area (Å²) in [6.45, 7) is 3.93. The van der Waals surface area contributed by atoms with Crippen molar-refractivity contribution in [3.8, 4) is 0 Å². The zero-order chi connectivity index (χ0) is 13.3. The molecule has 0 aliphatic rings. The number of aromatic nitrogens is 3. The summed E-state index contributed by atoms with van der Waals surface area (Å²) >= 11 is 9.09. The highest BCUT2D eigenvalue weighted by Gasteiger charge is 2.21. The molecule has 0 N–H and O–H groups in total. The number of rotatable bonds is 3. The van der Waals surface area contributed by atoms with E-state index in [-0.39, 0.29) is 11.8 Å². The number of pyridine rings is 1. The molecule has 0 aromatic carbocycles. The van der Waals surface area contributed by atoms with Crippen molar-refractivity contribution >= 4 is 33.3 Å². The summed E-state index contributed by atoms with van der Waals surface area (Å²) in [4.78, 5) is 16.4. The Morgan fingerprint density at radius 1 is 1.39 bits per heavy atom. The van der Waals surface area contributed by atoms with Gasteiger partial charge in [-0.3, -0.25) is 14.5 Å². The van der Waals surface area contributed by atoms with Crippen LogP contribution in [0.25, 0.3) is 0 Å². The van der Waals surface area contributed by atoms with Crippen LogP contribution in [0.15, 0.2) is 29.0 Å². The summed E-state index contributed by atoms with van der Waals surface area (Å²) in [5, 5.41) is 4.68. The largest absolute Gasteiger partial charge is 0.285 e. The van der Waals surface area contributed by atoms with Crippen LogP contribution in [-0.4, -0.2) is 20.5 Å². The van der Waals surface area contributed by atoms with Crippen LogP contribution in [0, 0.1) is 0 Å². The highest BCUT2D eigenvalue weighted by Crippen LogP contribution is 2.22. The molecule has 0 amide bonds. The molecule has 0 radical (unpaired) electrons. The number of nitrogens with zero attached hydrogens (tertiary/aromatic N) is 3. The van der Waals surface area contributed by atoms with Crippen LogP contribution in [0.4, 0.5) is 0 Å². The van der Waals surface area contributed by atoms with Gasteiger partial charge in [-0.15, -0.1) is 0 Å². The number of ketones is 1. The molecule has 0 unspecified atom stereocenters. The zero-order valence-electron chi connectivity index (χ0n) is 9.89. The predicted molar refractivity (Wildman–Crippen MR) is 73.0 cm³/mol. The van der Waals surface area contributed by atoms with Crippen molar-refractivity contribution in [2.45, 2.75) is 19.9 Å². The lowest BCUT2D eigenvalue weighted by Crippen LogP contribution is -2.14. The van der Waals surface area contributed by atoms with Crippen LogP contribution >= 0.6 is 27.5 Å². The summed E-state index contributed by atoms with van der Waals surface area (Å²) in [5.74, 6) is -0.176. The lowest BCUT2D eigenvalue weighted by molar-refractivity contribution is 0.102. The fourth-order valence-electron chi connectivity index (χ4n) is 1.58. The number of hydrogen-bond acceptors (Lipinski definition) is 3. The molecule has 0 saturated heterocycles. The van der Waals surface area contributed by atoms with Gasteiger partial charge in [-0.2, -0.15) is 5.10 Å². The van der Waals surface area contributed by atoms with Gasteiger partial charge in [0.1, 0.15) is 11.4 Å². The monoisotopic (exact) mass is 327 g/mol. The molecule has 94 valence electrons. The second-order valence-corrected chi connectivity index (χ2v) is 5.36. The van der Waals surface area contributed by atoms with Crippen LogP contribution in [0.5, 0.6) is 0 Å². The Balaban J connectivity index is 2.45. The minimum absolute atomic E-state index is 0.0996. The Labute approximate surface area is 118 Å². The van der Waals surface area contributed by atoms with Gasteiger partial charge in [-0.05, 0) is 41.9 Å². The molecule has 0 aliphatic carbocycles. The van der Waals surface area contributed by atoms with Gasteiger partial charge in [0.15, 0.2) is 0 Å². The molecule has 0 spiro atoms. The van der Waals surface area contributed by atoms with E-state index in [4.69, 9.17) is 11.6 Å². The highest BCUT2D eigenvalue weighted by atomic mass is 79.9. The van der Waals surface area contributed by atoms with Gasteiger partial charge in [-0.1, -0.05) is 11.6 Å². The van der Waals surface area contributed by atoms with Gasteiger partial charge in [0.25, 0.3) is 0 Å². The molecular weight excluding hydrogens is 318 g/mol. The standard InChI is InChI=1S/C12H11BrClN3O/c1-7(2)17-11(9(13)6-16-17)12(18)10-4-3-8(14)5-15-10/h3-7H,1-2H3. The van der Waals surface area contributed by atoms with E-state index in [9.17, 15) is 4.79 Å². The lowest BCUT2D eigenvalue weighted by Gasteiger charge is -2.10. The first-order valence-corrected chi connectivity index (χ1v) is 6.57. The molecule has 18 heavy (non-hydrogen) atoms. The van der Waals surface area contributed by atoms with E-state index in [0.29, 0.717) is 20.9 Å². The molecule has 2 heterocycles. The Morgan fingerprint density at radius 3 is 2.67 bits per heavy atom. The van der Waals surface area contributed by atoms with Crippen molar-refractivity contribution in [2.75, 3.05) is 0 Å². The minimum Gasteiger partial charge on any atom is -0.285 e. The fourth-order valence-corrected chi connectivity index (χ4v) is 2.14. The second kappa shape index (κ2) is 5.20. The number of halogens is 2. The van der Waals surface area contributed by atoms with E-state index in [1.807, 2.05) is 13.8 Å². The Kier molecular flexibility index (Phi) is 3.82. The predicted octanol–water partition coefficient (Wildman–Crippen LogP) is 3.51. The third kappa shape index (κ3) is 2.47. The first-order chi connectivity index (χ1) is 8.50. The topological polar surface area (TPSA) is 47.8 Å². The van der Waals surface area contributed by atoms with Gasteiger partial charge >= 0.3 is 0 Å². The third-order valence-electron chi connectivity index (χ3n) is 2.42. The van der Waals surface area contributed by atoms with Crippen LogP contribution in [0.2, 0.25) is 5.02 Å². The number of hydrogen-bond donors (Lipinski definition) is 0. The van der Waals surface area contributed by atoms with Crippen molar-refractivity contribution in [1.82, 2.24) is 14.8 Å². The molecule has 0 fully saturated rings. The van der Waals surface area contributed by atoms with Crippen LogP contribution < -0.4 is 0 Å². The summed E-state index contributed by atoms with van der Waals surface area (Å²) in [7, 11) is 0. The Morgan fingerprint density at radius 2 is 2.11 bits per heavy atom. The molecule has 0 aliphatic heterocycles. The molecule has 2 aromatic rings. The smallest absolute Gasteiger partial charge is 0.230 e. The quantitative estimate of drug-likeness (QED) is 0.810. The highest BCUT2D eigenvalue weighted by molar-refractivity contribution is 9.10. The van der Waals surface area contributed by atoms with Crippen molar-refractivity contribution in [3.05, 3.63) is 45.4 Å². The van der Waals surface area contributed by atoms with Crippen LogP contribution in [0.3, 0.4) is 0 Å². The van der Waals surface area contributed by atoms with Crippen LogP contribution in [-0.2, 0) is 0 Å². The van der Waals surface area contributed by atoms with Gasteiger partial charge in [0, 0.05) is 12.2 Å². The molecule has 2 aromatic heterocycles. The molecule has 0 saturated carbocycles. The molecular formula is C12H11BrClN3O. The van der Waals surface area contributed by atoms with Gasteiger partial charge < -0.3 is 0 Å². The first-order valence-electron chi connectivity index (χ1n) is 5.40. The van der Waals surface area contributed by atoms with Crippen molar-refractivity contribution in [3.63, 3.8) is 0 Å². The average molecular weight is 329 g/mol. The minimum atomic E-state index is -0.176. The zero-order valence-corrected chi connectivity index (χ0v) is 12.2. The molecule has 4 nitrogen and oxygen atoms in total. The molecule has 2 rings (SSSR count). The van der Waals surface area contributed by atoms with Crippen LogP contribution in [0.1, 0.15) is 36.1 Å². The van der Waals surface area contributed by atoms with E-state index in [1.165, 1.54) is 6.20 Å². The maximum Gasteiger partial charge on any atom is 0.230 e. The van der Waals surface area contributed by atoms with Gasteiger partial charge in [-0.25, -0.2) is 0 Å². The SMILES string of the molecule is CC(C)n1ncc(Br)c1C(=O)c1ccc(Cl)cn1. The third-order valence-corrected chi connectivity index (χ3v) is 3.22. The number of carbonyl (C=O) groups excluding carboxylic acids is 1. The van der Waals surface area contributed by atoms with E-state index in [0.717, 1.165) is 0 Å². The second-order valence-electron chi connectivity index (χ2n) is 4.07. The maximum atomic E-state index is 12.4. The van der Waals surface area contributed by atoms with Gasteiger partial charge in [0.05, 0.1) is 15.7 Å². The summed E-state index contributed by atoms with van der Waals surface area (Å²) < 4.78 is 2.33. The maximum absolute atomic E-state index is 12.4. The van der Waals surface area contributed by atoms with Gasteiger partial charge in [0.2, 0.25) is 5.78 Å². The fraction of sp³-hybridized carbons (Fsp3) is 0.250. The van der Waals surface area contributed by atoms with Crippen molar-refractivity contribution in [2.24, 2.45) is 0 Å². The van der Waals surface area contributed by atoms with E-state index >= 15 is 0 Å². The van der Waals surface area contributed by atoms with E-state index in [1.54, 1.807) is 23.0 Å². The summed E-state index contributed by atoms with van der Waals surface area (Å²) in [6, 6.07) is 3.35. The van der Waals surface area contributed by atoms with Crippen molar-refractivity contribution in [1.29, 1.82) is 0 Å². The Bertz CT molecular complexity index is 578. The summed E-state index contributed by atoms with van der Waals surface area (Å²) in [6.07, 6.45) is 3.07. The molecule has 0 bridgehead atoms. The number of carbonyl (C=O) groups is 1. The summed E-state index contributed by atoms with van der Waals surface area (Å²) in [5.41, 5.74) is 0.849. The van der Waals surface area contributed by atoms with E-state index in [2.05, 4.69) is 26.0 Å². The Hall–Kier alpha value is -1.20. The van der Waals surface area contributed by atoms with E-state index < -0.39 is 0 Å². The molecule has 6 heteroatoms. The first kappa shape index (κ1) is 13.2. The molecule has 0 atom stereocenters. The average Bonchev–Trinajstić information content (AvgIpc) is 2.71. The lowest BCUT2D eigenvalue weighted by atomic mass is 10.2.